The quantitative estimate of drug-likeness (QED) is 0.787. The molecule has 128 valence electrons. The highest BCUT2D eigenvalue weighted by Gasteiger charge is 2.13. The fraction of sp³-hybridized carbons (Fsp3) is 0.529. The zero-order valence-electron chi connectivity index (χ0n) is 14.2. The van der Waals surface area contributed by atoms with Gasteiger partial charge in [0, 0.05) is 31.5 Å². The lowest BCUT2D eigenvalue weighted by Crippen LogP contribution is -2.33. The molecule has 0 bridgehead atoms. The lowest BCUT2D eigenvalue weighted by Gasteiger charge is -2.22. The van der Waals surface area contributed by atoms with Gasteiger partial charge in [-0.2, -0.15) is 0 Å². The lowest BCUT2D eigenvalue weighted by molar-refractivity contribution is -0.129. The van der Waals surface area contributed by atoms with E-state index in [2.05, 4.69) is 19.2 Å². The molecular weight excluding hydrogens is 316 g/mol. The summed E-state index contributed by atoms with van der Waals surface area (Å²) in [4.78, 5) is 25.4. The van der Waals surface area contributed by atoms with Crippen LogP contribution >= 0.6 is 11.6 Å². The van der Waals surface area contributed by atoms with E-state index < -0.39 is 0 Å². The van der Waals surface area contributed by atoms with Gasteiger partial charge in [-0.05, 0) is 30.5 Å². The van der Waals surface area contributed by atoms with E-state index in [4.69, 9.17) is 16.3 Å². The van der Waals surface area contributed by atoms with Crippen LogP contribution in [0.4, 0.5) is 5.69 Å². The van der Waals surface area contributed by atoms with Crippen LogP contribution in [0.3, 0.4) is 0 Å². The van der Waals surface area contributed by atoms with Crippen LogP contribution in [0.25, 0.3) is 0 Å². The molecule has 1 N–H and O–H groups in total. The van der Waals surface area contributed by atoms with Gasteiger partial charge in [0.1, 0.15) is 5.75 Å². The predicted molar refractivity (Wildman–Crippen MR) is 93.0 cm³/mol. The number of carbonyl (C=O) groups excluding carboxylic acids is 2. The summed E-state index contributed by atoms with van der Waals surface area (Å²) in [6.45, 7) is 6.81. The number of amides is 2. The Morgan fingerprint density at radius 1 is 1.30 bits per heavy atom. The SMILES string of the molecule is COc1ccc(Cl)cc1NC(=O)CCN(CCC(C)C)C(C)=O. The van der Waals surface area contributed by atoms with Gasteiger partial charge in [-0.15, -0.1) is 0 Å². The number of rotatable bonds is 8. The van der Waals surface area contributed by atoms with Gasteiger partial charge in [0.05, 0.1) is 12.8 Å². The van der Waals surface area contributed by atoms with Gasteiger partial charge in [0.2, 0.25) is 11.8 Å². The molecule has 1 rings (SSSR count). The molecule has 0 spiro atoms. The van der Waals surface area contributed by atoms with Crippen molar-refractivity contribution in [3.63, 3.8) is 0 Å². The second-order valence-electron chi connectivity index (χ2n) is 5.83. The number of methoxy groups -OCH3 is 1. The third kappa shape index (κ3) is 6.91. The maximum atomic E-state index is 12.1. The Bertz CT molecular complexity index is 547. The first-order valence-corrected chi connectivity index (χ1v) is 8.10. The van der Waals surface area contributed by atoms with E-state index >= 15 is 0 Å². The van der Waals surface area contributed by atoms with Crippen molar-refractivity contribution in [1.82, 2.24) is 4.90 Å². The average molecular weight is 341 g/mol. The maximum absolute atomic E-state index is 12.1. The Morgan fingerprint density at radius 3 is 2.57 bits per heavy atom. The Kier molecular flexibility index (Phi) is 7.89. The highest BCUT2D eigenvalue weighted by molar-refractivity contribution is 6.31. The predicted octanol–water partition coefficient (Wildman–Crippen LogP) is 3.57. The van der Waals surface area contributed by atoms with E-state index in [1.54, 1.807) is 23.1 Å². The van der Waals surface area contributed by atoms with E-state index in [-0.39, 0.29) is 18.2 Å². The van der Waals surface area contributed by atoms with Gasteiger partial charge in [0.25, 0.3) is 0 Å². The van der Waals surface area contributed by atoms with Crippen LogP contribution in [0.2, 0.25) is 5.02 Å². The van der Waals surface area contributed by atoms with Crippen LogP contribution in [0.15, 0.2) is 18.2 Å². The minimum atomic E-state index is -0.179. The van der Waals surface area contributed by atoms with E-state index in [9.17, 15) is 9.59 Å². The molecule has 0 saturated carbocycles. The molecule has 0 fully saturated rings. The molecule has 6 heteroatoms. The summed E-state index contributed by atoms with van der Waals surface area (Å²) in [5, 5.41) is 3.29. The van der Waals surface area contributed by atoms with Crippen molar-refractivity contribution in [2.24, 2.45) is 5.92 Å². The molecule has 0 heterocycles. The van der Waals surface area contributed by atoms with Gasteiger partial charge >= 0.3 is 0 Å². The normalized spacial score (nSPS) is 10.5. The molecule has 23 heavy (non-hydrogen) atoms. The van der Waals surface area contributed by atoms with E-state index in [0.717, 1.165) is 6.42 Å². The van der Waals surface area contributed by atoms with Crippen LogP contribution in [0.5, 0.6) is 5.75 Å². The molecule has 2 amide bonds. The number of ether oxygens (including phenoxy) is 1. The molecular formula is C17H25ClN2O3. The van der Waals surface area contributed by atoms with Crippen LogP contribution < -0.4 is 10.1 Å². The van der Waals surface area contributed by atoms with Crippen LogP contribution in [-0.2, 0) is 9.59 Å². The Morgan fingerprint density at radius 2 is 2.00 bits per heavy atom. The smallest absolute Gasteiger partial charge is 0.226 e. The monoisotopic (exact) mass is 340 g/mol. The minimum Gasteiger partial charge on any atom is -0.495 e. The first-order chi connectivity index (χ1) is 10.8. The van der Waals surface area contributed by atoms with E-state index in [1.807, 2.05) is 0 Å². The summed E-state index contributed by atoms with van der Waals surface area (Å²) in [7, 11) is 1.53. The Hall–Kier alpha value is -1.75. The van der Waals surface area contributed by atoms with E-state index in [0.29, 0.717) is 35.5 Å². The van der Waals surface area contributed by atoms with Crippen molar-refractivity contribution in [3.05, 3.63) is 23.2 Å². The molecule has 1 aromatic carbocycles. The molecule has 1 aromatic rings. The first-order valence-electron chi connectivity index (χ1n) is 7.72. The number of benzene rings is 1. The van der Waals surface area contributed by atoms with Crippen molar-refractivity contribution >= 4 is 29.1 Å². The number of anilines is 1. The molecule has 0 atom stereocenters. The largest absolute Gasteiger partial charge is 0.495 e. The third-order valence-corrected chi connectivity index (χ3v) is 3.70. The van der Waals surface area contributed by atoms with Gasteiger partial charge < -0.3 is 15.0 Å². The molecule has 5 nitrogen and oxygen atoms in total. The number of nitrogens with zero attached hydrogens (tertiary/aromatic N) is 1. The minimum absolute atomic E-state index is 0.0150. The van der Waals surface area contributed by atoms with Crippen LogP contribution in [-0.4, -0.2) is 36.9 Å². The Balaban J connectivity index is 2.58. The number of carbonyl (C=O) groups is 2. The van der Waals surface area contributed by atoms with Gasteiger partial charge in [-0.1, -0.05) is 25.4 Å². The molecule has 0 saturated heterocycles. The summed E-state index contributed by atoms with van der Waals surface area (Å²) in [5.74, 6) is 0.868. The van der Waals surface area contributed by atoms with Crippen molar-refractivity contribution in [3.8, 4) is 5.75 Å². The summed E-state index contributed by atoms with van der Waals surface area (Å²) >= 11 is 5.94. The Labute approximate surface area is 142 Å². The molecule has 0 aliphatic heterocycles. The summed E-state index contributed by atoms with van der Waals surface area (Å²) in [6.07, 6.45) is 1.15. The standard InChI is InChI=1S/C17H25ClN2O3/c1-12(2)7-9-20(13(3)21)10-8-17(22)19-15-11-14(18)5-6-16(15)23-4/h5-6,11-12H,7-10H2,1-4H3,(H,19,22). The van der Waals surface area contributed by atoms with E-state index in [1.165, 1.54) is 14.0 Å². The van der Waals surface area contributed by atoms with Gasteiger partial charge in [-0.25, -0.2) is 0 Å². The molecule has 0 radical (unpaired) electrons. The van der Waals surface area contributed by atoms with Crippen LogP contribution in [0, 0.1) is 5.92 Å². The molecule has 0 aliphatic carbocycles. The fourth-order valence-corrected chi connectivity index (χ4v) is 2.24. The third-order valence-electron chi connectivity index (χ3n) is 3.47. The van der Waals surface area contributed by atoms with Crippen molar-refractivity contribution in [2.75, 3.05) is 25.5 Å². The van der Waals surface area contributed by atoms with Gasteiger partial charge in [-0.3, -0.25) is 9.59 Å². The topological polar surface area (TPSA) is 58.6 Å². The average Bonchev–Trinajstić information content (AvgIpc) is 2.46. The number of halogens is 1. The second kappa shape index (κ2) is 9.40. The molecule has 0 aliphatic rings. The zero-order chi connectivity index (χ0) is 17.4. The maximum Gasteiger partial charge on any atom is 0.226 e. The fourth-order valence-electron chi connectivity index (χ4n) is 2.07. The zero-order valence-corrected chi connectivity index (χ0v) is 14.9. The number of hydrogen-bond donors (Lipinski definition) is 1. The van der Waals surface area contributed by atoms with Crippen molar-refractivity contribution < 1.29 is 14.3 Å². The summed E-state index contributed by atoms with van der Waals surface area (Å²) in [6, 6.07) is 5.03. The van der Waals surface area contributed by atoms with Gasteiger partial charge in [0.15, 0.2) is 0 Å². The summed E-state index contributed by atoms with van der Waals surface area (Å²) < 4.78 is 5.19. The number of hydrogen-bond acceptors (Lipinski definition) is 3. The number of nitrogens with one attached hydrogen (secondary N) is 1. The van der Waals surface area contributed by atoms with Crippen LogP contribution in [0.1, 0.15) is 33.6 Å². The summed E-state index contributed by atoms with van der Waals surface area (Å²) in [5.41, 5.74) is 0.529. The molecule has 0 aromatic heterocycles. The highest BCUT2D eigenvalue weighted by Crippen LogP contribution is 2.27. The first kappa shape index (κ1) is 19.3. The highest BCUT2D eigenvalue weighted by atomic mass is 35.5. The molecule has 0 unspecified atom stereocenters. The lowest BCUT2D eigenvalue weighted by atomic mass is 10.1. The van der Waals surface area contributed by atoms with Crippen molar-refractivity contribution in [2.45, 2.75) is 33.6 Å². The second-order valence-corrected chi connectivity index (χ2v) is 6.27. The van der Waals surface area contributed by atoms with Crippen molar-refractivity contribution in [1.29, 1.82) is 0 Å².